The fourth-order valence-corrected chi connectivity index (χ4v) is 3.76. The van der Waals surface area contributed by atoms with E-state index in [1.165, 1.54) is 17.1 Å². The van der Waals surface area contributed by atoms with Crippen LogP contribution in [-0.2, 0) is 10.0 Å². The number of halogens is 1. The lowest BCUT2D eigenvalue weighted by atomic mass is 10.2. The van der Waals surface area contributed by atoms with Crippen LogP contribution in [0.4, 0.5) is 0 Å². The molecular formula is C16H17ClN4O3S. The molecule has 0 aliphatic carbocycles. The number of aliphatic imine (C=N–C) groups is 1. The molecule has 2 heterocycles. The van der Waals surface area contributed by atoms with Gasteiger partial charge in [-0.2, -0.15) is 5.10 Å². The number of nitrogens with zero attached hydrogens (tertiary/aromatic N) is 3. The van der Waals surface area contributed by atoms with Gasteiger partial charge in [0.1, 0.15) is 11.8 Å². The molecule has 0 radical (unpaired) electrons. The summed E-state index contributed by atoms with van der Waals surface area (Å²) in [5.41, 5.74) is 0. The van der Waals surface area contributed by atoms with Crippen molar-refractivity contribution in [2.75, 3.05) is 6.54 Å². The molecule has 1 aromatic carbocycles. The largest absolute Gasteiger partial charge is 0.467 e. The molecular weight excluding hydrogens is 364 g/mol. The van der Waals surface area contributed by atoms with Crippen LogP contribution < -0.4 is 4.72 Å². The highest BCUT2D eigenvalue weighted by Gasteiger charge is 2.31. The minimum absolute atomic E-state index is 0.0570. The molecule has 0 fully saturated rings. The van der Waals surface area contributed by atoms with Gasteiger partial charge < -0.3 is 4.42 Å². The van der Waals surface area contributed by atoms with E-state index in [0.29, 0.717) is 23.7 Å². The molecule has 0 spiro atoms. The van der Waals surface area contributed by atoms with Crippen molar-refractivity contribution in [1.82, 2.24) is 9.73 Å². The summed E-state index contributed by atoms with van der Waals surface area (Å²) in [7, 11) is -3.85. The van der Waals surface area contributed by atoms with Gasteiger partial charge in [0, 0.05) is 24.2 Å². The second-order valence-corrected chi connectivity index (χ2v) is 7.39. The predicted octanol–water partition coefficient (Wildman–Crippen LogP) is 3.02. The zero-order valence-electron chi connectivity index (χ0n) is 13.5. The van der Waals surface area contributed by atoms with E-state index in [-0.39, 0.29) is 16.9 Å². The van der Waals surface area contributed by atoms with E-state index in [2.05, 4.69) is 14.8 Å². The minimum Gasteiger partial charge on any atom is -0.467 e. The van der Waals surface area contributed by atoms with Gasteiger partial charge in [0.15, 0.2) is 0 Å². The van der Waals surface area contributed by atoms with Gasteiger partial charge in [-0.15, -0.1) is 0 Å². The Bertz CT molecular complexity index is 894. The van der Waals surface area contributed by atoms with E-state index < -0.39 is 10.0 Å². The van der Waals surface area contributed by atoms with Crippen LogP contribution in [0.15, 0.2) is 62.1 Å². The number of rotatable bonds is 4. The molecule has 9 heteroatoms. The van der Waals surface area contributed by atoms with Crippen molar-refractivity contribution in [1.29, 1.82) is 0 Å². The molecule has 1 aliphatic heterocycles. The minimum atomic E-state index is -3.85. The molecule has 1 aromatic heterocycles. The quantitative estimate of drug-likeness (QED) is 0.652. The molecule has 0 bridgehead atoms. The average molecular weight is 381 g/mol. The first kappa shape index (κ1) is 17.5. The van der Waals surface area contributed by atoms with E-state index in [1.807, 2.05) is 13.0 Å². The number of sulfonamides is 1. The normalized spacial score (nSPS) is 17.9. The van der Waals surface area contributed by atoms with Crippen molar-refractivity contribution in [3.63, 3.8) is 0 Å². The van der Waals surface area contributed by atoms with E-state index in [0.717, 1.165) is 0 Å². The highest BCUT2D eigenvalue weighted by Crippen LogP contribution is 2.28. The van der Waals surface area contributed by atoms with E-state index in [4.69, 9.17) is 16.0 Å². The summed E-state index contributed by atoms with van der Waals surface area (Å²) < 4.78 is 33.3. The topological polar surface area (TPSA) is 87.3 Å². The lowest BCUT2D eigenvalue weighted by molar-refractivity contribution is 0.308. The molecule has 1 unspecified atom stereocenters. The zero-order chi connectivity index (χ0) is 17.9. The molecule has 2 aromatic rings. The third kappa shape index (κ3) is 3.85. The molecule has 132 valence electrons. The number of guanidine groups is 1. The highest BCUT2D eigenvalue weighted by atomic mass is 35.5. The number of nitrogens with one attached hydrogen (secondary N) is 1. The van der Waals surface area contributed by atoms with Gasteiger partial charge in [-0.05, 0) is 37.3 Å². The smallest absolute Gasteiger partial charge is 0.264 e. The second-order valence-electron chi connectivity index (χ2n) is 5.27. The number of hydrazone groups is 1. The molecule has 7 nitrogen and oxygen atoms in total. The Balaban J connectivity index is 1.89. The molecule has 0 amide bonds. The van der Waals surface area contributed by atoms with Crippen molar-refractivity contribution >= 4 is 33.8 Å². The average Bonchev–Trinajstić information content (AvgIpc) is 3.25. The Hall–Kier alpha value is -2.32. The summed E-state index contributed by atoms with van der Waals surface area (Å²) in [5.74, 6) is 0.820. The van der Waals surface area contributed by atoms with Gasteiger partial charge in [-0.1, -0.05) is 17.7 Å². The summed E-state index contributed by atoms with van der Waals surface area (Å²) in [6.45, 7) is 2.21. The summed E-state index contributed by atoms with van der Waals surface area (Å²) in [6, 6.07) is 9.38. The fourth-order valence-electron chi connectivity index (χ4n) is 2.45. The van der Waals surface area contributed by atoms with Crippen molar-refractivity contribution < 1.29 is 12.8 Å². The van der Waals surface area contributed by atoms with Gasteiger partial charge in [0.05, 0.1) is 11.2 Å². The zero-order valence-corrected chi connectivity index (χ0v) is 15.0. The fraction of sp³-hybridized carbons (Fsp3) is 0.250. The van der Waals surface area contributed by atoms with Gasteiger partial charge in [0.2, 0.25) is 5.96 Å². The molecule has 1 N–H and O–H groups in total. The number of hydrogen-bond acceptors (Lipinski definition) is 5. The molecule has 1 aliphatic rings. The molecule has 1 atom stereocenters. The van der Waals surface area contributed by atoms with Crippen LogP contribution in [0.1, 0.15) is 25.1 Å². The van der Waals surface area contributed by atoms with E-state index >= 15 is 0 Å². The van der Waals surface area contributed by atoms with Crippen molar-refractivity contribution in [3.05, 3.63) is 53.4 Å². The van der Waals surface area contributed by atoms with E-state index in [9.17, 15) is 8.42 Å². The summed E-state index contributed by atoms with van der Waals surface area (Å²) in [6.07, 6.45) is 3.86. The molecule has 3 rings (SSSR count). The Morgan fingerprint density at radius 1 is 1.44 bits per heavy atom. The highest BCUT2D eigenvalue weighted by molar-refractivity contribution is 7.90. The van der Waals surface area contributed by atoms with Gasteiger partial charge >= 0.3 is 0 Å². The lowest BCUT2D eigenvalue weighted by Gasteiger charge is -2.24. The second kappa shape index (κ2) is 7.28. The summed E-state index contributed by atoms with van der Waals surface area (Å²) in [4.78, 5) is 4.32. The third-order valence-electron chi connectivity index (χ3n) is 3.56. The van der Waals surface area contributed by atoms with Crippen molar-refractivity contribution in [2.45, 2.75) is 24.3 Å². The third-order valence-corrected chi connectivity index (χ3v) is 5.12. The van der Waals surface area contributed by atoms with Crippen molar-refractivity contribution in [3.8, 4) is 0 Å². The van der Waals surface area contributed by atoms with Gasteiger partial charge in [-0.25, -0.2) is 18.1 Å². The maximum Gasteiger partial charge on any atom is 0.264 e. The Morgan fingerprint density at radius 3 is 2.96 bits per heavy atom. The summed E-state index contributed by atoms with van der Waals surface area (Å²) in [5, 5.41) is 6.11. The van der Waals surface area contributed by atoms with Crippen LogP contribution >= 0.6 is 11.6 Å². The maximum absolute atomic E-state index is 12.7. The Labute approximate surface area is 151 Å². The van der Waals surface area contributed by atoms with Crippen LogP contribution in [0.2, 0.25) is 5.02 Å². The monoisotopic (exact) mass is 380 g/mol. The van der Waals surface area contributed by atoms with Crippen LogP contribution in [0.3, 0.4) is 0 Å². The maximum atomic E-state index is 12.7. The number of benzene rings is 1. The lowest BCUT2D eigenvalue weighted by Crippen LogP contribution is -2.42. The first-order chi connectivity index (χ1) is 12.0. The van der Waals surface area contributed by atoms with Crippen molar-refractivity contribution in [2.24, 2.45) is 10.1 Å². The SMILES string of the molecule is CCN=C(NS(=O)(=O)c1cccc(Cl)c1)N1N=CCC1c1ccco1. The van der Waals surface area contributed by atoms with Gasteiger partial charge in [-0.3, -0.25) is 4.99 Å². The van der Waals surface area contributed by atoms with Gasteiger partial charge in [0.25, 0.3) is 10.0 Å². The van der Waals surface area contributed by atoms with Crippen LogP contribution in [0.5, 0.6) is 0 Å². The number of furan rings is 1. The van der Waals surface area contributed by atoms with Crippen LogP contribution in [-0.4, -0.2) is 32.1 Å². The number of hydrogen-bond donors (Lipinski definition) is 1. The molecule has 0 saturated carbocycles. The first-order valence-electron chi connectivity index (χ1n) is 7.69. The standard InChI is InChI=1S/C16H17ClN4O3S/c1-2-18-16(20-25(22,23)13-6-3-5-12(17)11-13)21-14(8-9-19-21)15-7-4-10-24-15/h3-7,9-11,14H,2,8H2,1H3,(H,18,20). The Kier molecular flexibility index (Phi) is 5.10. The van der Waals surface area contributed by atoms with Crippen LogP contribution in [0.25, 0.3) is 0 Å². The predicted molar refractivity (Wildman–Crippen MR) is 96.1 cm³/mol. The molecule has 25 heavy (non-hydrogen) atoms. The summed E-state index contributed by atoms with van der Waals surface area (Å²) >= 11 is 5.90. The van der Waals surface area contributed by atoms with E-state index in [1.54, 1.807) is 30.7 Å². The van der Waals surface area contributed by atoms with Crippen LogP contribution in [0, 0.1) is 0 Å². The molecule has 0 saturated heterocycles. The first-order valence-corrected chi connectivity index (χ1v) is 9.55. The Morgan fingerprint density at radius 2 is 2.28 bits per heavy atom.